The molecule has 0 aliphatic carbocycles. The summed E-state index contributed by atoms with van der Waals surface area (Å²) in [4.78, 5) is 10.2. The summed E-state index contributed by atoms with van der Waals surface area (Å²) in [5.74, 6) is -1.16. The van der Waals surface area contributed by atoms with Crippen molar-refractivity contribution in [3.05, 3.63) is 0 Å². The molecule has 7 heteroatoms. The number of carbonyl (C=O) groups is 1. The number of carbonyl (C=O) groups excluding carboxylic acids is 1. The molecule has 0 aliphatic heterocycles. The average molecular weight is 400 g/mol. The fourth-order valence-corrected chi connectivity index (χ4v) is 4.01. The number of unbranched alkanes of at least 4 members (excludes halogenated alkanes) is 13. The van der Waals surface area contributed by atoms with E-state index in [4.69, 9.17) is 0 Å². The van der Waals surface area contributed by atoms with Crippen molar-refractivity contribution in [1.29, 1.82) is 0 Å². The van der Waals surface area contributed by atoms with Crippen LogP contribution in [0.4, 0.5) is 0 Å². The number of nitrogens with one attached hydrogen (secondary N) is 1. The molecule has 0 rings (SSSR count). The molecule has 0 saturated heterocycles. The summed E-state index contributed by atoms with van der Waals surface area (Å²) in [6.45, 7) is 2.17. The van der Waals surface area contributed by atoms with Crippen LogP contribution in [-0.4, -0.2) is 26.7 Å². The van der Waals surface area contributed by atoms with Gasteiger partial charge in [-0.1, -0.05) is 90.4 Å². The van der Waals surface area contributed by atoms with Crippen molar-refractivity contribution >= 4 is 16.0 Å². The summed E-state index contributed by atoms with van der Waals surface area (Å²) in [5, 5.41) is 10.2. The van der Waals surface area contributed by atoms with Gasteiger partial charge in [0.05, 0.1) is 5.75 Å². The Labute approximate surface area is 183 Å². The Balaban J connectivity index is 0. The van der Waals surface area contributed by atoms with Gasteiger partial charge >= 0.3 is 29.6 Å². The minimum atomic E-state index is -3.33. The van der Waals surface area contributed by atoms with E-state index in [1.54, 1.807) is 0 Å². The first-order valence-corrected chi connectivity index (χ1v) is 11.8. The monoisotopic (exact) mass is 399 g/mol. The maximum absolute atomic E-state index is 11.6. The zero-order valence-electron chi connectivity index (χ0n) is 17.1. The van der Waals surface area contributed by atoms with Gasteiger partial charge in [-0.25, -0.2) is 13.1 Å². The number of rotatable bonds is 19. The first-order chi connectivity index (χ1) is 12.0. The van der Waals surface area contributed by atoms with Gasteiger partial charge in [-0.05, 0) is 6.42 Å². The molecule has 0 spiro atoms. The molecular weight excluding hydrogens is 361 g/mol. The fourth-order valence-electron chi connectivity index (χ4n) is 2.87. The van der Waals surface area contributed by atoms with E-state index in [0.29, 0.717) is 6.42 Å². The van der Waals surface area contributed by atoms with Gasteiger partial charge in [0.2, 0.25) is 10.0 Å². The minimum Gasteiger partial charge on any atom is -0.550 e. The van der Waals surface area contributed by atoms with Gasteiger partial charge in [0.25, 0.3) is 0 Å². The summed E-state index contributed by atoms with van der Waals surface area (Å²) < 4.78 is 25.5. The van der Waals surface area contributed by atoms with E-state index >= 15 is 0 Å². The fraction of sp³-hybridized carbons (Fsp3) is 0.947. The van der Waals surface area contributed by atoms with Crippen molar-refractivity contribution in [1.82, 2.24) is 4.72 Å². The molecule has 0 aromatic carbocycles. The Morgan fingerprint density at radius 1 is 0.769 bits per heavy atom. The van der Waals surface area contributed by atoms with Gasteiger partial charge in [-0.2, -0.15) is 0 Å². The topological polar surface area (TPSA) is 86.3 Å². The van der Waals surface area contributed by atoms with Crippen LogP contribution in [0.5, 0.6) is 0 Å². The molecule has 0 aromatic heterocycles. The molecule has 0 radical (unpaired) electrons. The Hall–Kier alpha value is 0.380. The van der Waals surface area contributed by atoms with E-state index in [9.17, 15) is 18.3 Å². The molecule has 0 atom stereocenters. The zero-order valence-corrected chi connectivity index (χ0v) is 19.9. The van der Waals surface area contributed by atoms with E-state index in [-0.39, 0.29) is 48.3 Å². The van der Waals surface area contributed by atoms with Crippen LogP contribution in [0.2, 0.25) is 0 Å². The Morgan fingerprint density at radius 2 is 1.15 bits per heavy atom. The Morgan fingerprint density at radius 3 is 1.54 bits per heavy atom. The second-order valence-corrected chi connectivity index (χ2v) is 8.86. The molecule has 5 nitrogen and oxygen atoms in total. The summed E-state index contributed by atoms with van der Waals surface area (Å²) in [6.07, 6.45) is 16.9. The van der Waals surface area contributed by atoms with Crippen LogP contribution < -0.4 is 39.4 Å². The standard InChI is InChI=1S/C19H39NO4S.Na/c1-2-3-4-5-6-7-8-9-10-11-12-13-14-15-18-25(23,24)20-17-16-19(21)22;/h20H,2-18H2,1H3,(H,21,22);/q;+1/p-1. The molecule has 0 saturated carbocycles. The number of hydrogen-bond acceptors (Lipinski definition) is 4. The smallest absolute Gasteiger partial charge is 0.550 e. The van der Waals surface area contributed by atoms with Crippen molar-refractivity contribution in [2.75, 3.05) is 12.3 Å². The predicted octanol–water partition coefficient (Wildman–Crippen LogP) is 0.531. The van der Waals surface area contributed by atoms with Crippen molar-refractivity contribution in [2.45, 2.75) is 103 Å². The van der Waals surface area contributed by atoms with Crippen molar-refractivity contribution < 1.29 is 47.9 Å². The Bertz CT molecular complexity index is 416. The number of carboxylic acids is 1. The maximum Gasteiger partial charge on any atom is 1.00 e. The maximum atomic E-state index is 11.6. The number of aliphatic carboxylic acids is 1. The van der Waals surface area contributed by atoms with Crippen molar-refractivity contribution in [3.63, 3.8) is 0 Å². The first kappa shape index (κ1) is 28.6. The molecule has 1 N–H and O–H groups in total. The SMILES string of the molecule is CCCCCCCCCCCCCCCCS(=O)(=O)NCCC(=O)[O-].[Na+]. The molecule has 0 fully saturated rings. The van der Waals surface area contributed by atoms with Gasteiger partial charge in [-0.3, -0.25) is 0 Å². The van der Waals surface area contributed by atoms with E-state index in [0.717, 1.165) is 12.8 Å². The van der Waals surface area contributed by atoms with Crippen LogP contribution in [0.3, 0.4) is 0 Å². The zero-order chi connectivity index (χ0) is 18.8. The number of hydrogen-bond donors (Lipinski definition) is 1. The van der Waals surface area contributed by atoms with Crippen LogP contribution in [0.1, 0.15) is 103 Å². The van der Waals surface area contributed by atoms with Crippen LogP contribution in [0.15, 0.2) is 0 Å². The largest absolute Gasteiger partial charge is 1.00 e. The van der Waals surface area contributed by atoms with E-state index in [1.165, 1.54) is 70.6 Å². The minimum absolute atomic E-state index is 0. The van der Waals surface area contributed by atoms with Crippen LogP contribution in [-0.2, 0) is 14.8 Å². The van der Waals surface area contributed by atoms with Gasteiger partial charge in [-0.15, -0.1) is 0 Å². The van der Waals surface area contributed by atoms with Gasteiger partial charge in [0.1, 0.15) is 0 Å². The third-order valence-electron chi connectivity index (χ3n) is 4.42. The second kappa shape index (κ2) is 20.1. The predicted molar refractivity (Wildman–Crippen MR) is 102 cm³/mol. The molecule has 0 aromatic rings. The van der Waals surface area contributed by atoms with E-state index in [1.807, 2.05) is 0 Å². The first-order valence-electron chi connectivity index (χ1n) is 10.1. The summed E-state index contributed by atoms with van der Waals surface area (Å²) in [6, 6.07) is 0. The van der Waals surface area contributed by atoms with Gasteiger partial charge < -0.3 is 9.90 Å². The van der Waals surface area contributed by atoms with Crippen LogP contribution >= 0.6 is 0 Å². The van der Waals surface area contributed by atoms with Gasteiger partial charge in [0.15, 0.2) is 0 Å². The molecule has 0 aliphatic rings. The molecular formula is C19H38NNaO4S. The van der Waals surface area contributed by atoms with Crippen LogP contribution in [0, 0.1) is 0 Å². The van der Waals surface area contributed by atoms with Crippen LogP contribution in [0.25, 0.3) is 0 Å². The summed E-state index contributed by atoms with van der Waals surface area (Å²) in [7, 11) is -3.33. The summed E-state index contributed by atoms with van der Waals surface area (Å²) in [5.41, 5.74) is 0. The molecule has 150 valence electrons. The normalized spacial score (nSPS) is 11.3. The third-order valence-corrected chi connectivity index (χ3v) is 5.89. The second-order valence-electron chi connectivity index (χ2n) is 6.93. The van der Waals surface area contributed by atoms with Gasteiger partial charge in [0, 0.05) is 18.9 Å². The summed E-state index contributed by atoms with van der Waals surface area (Å²) >= 11 is 0. The molecule has 0 heterocycles. The number of sulfonamides is 1. The Kier molecular flexibility index (Phi) is 22.1. The van der Waals surface area contributed by atoms with E-state index in [2.05, 4.69) is 11.6 Å². The number of carboxylic acid groups (broad SMARTS) is 1. The molecule has 0 amide bonds. The molecule has 0 bridgehead atoms. The molecule has 0 unspecified atom stereocenters. The van der Waals surface area contributed by atoms with E-state index < -0.39 is 16.0 Å². The van der Waals surface area contributed by atoms with Crippen molar-refractivity contribution in [3.8, 4) is 0 Å². The quantitative estimate of drug-likeness (QED) is 0.254. The molecule has 26 heavy (non-hydrogen) atoms. The third kappa shape index (κ3) is 22.4. The van der Waals surface area contributed by atoms with Crippen molar-refractivity contribution in [2.24, 2.45) is 0 Å². The average Bonchev–Trinajstić information content (AvgIpc) is 2.54.